The highest BCUT2D eigenvalue weighted by atomic mass is 16.5. The van der Waals surface area contributed by atoms with Crippen LogP contribution in [-0.2, 0) is 0 Å². The number of likely N-dealkylation sites (tertiary alicyclic amines) is 1. The van der Waals surface area contributed by atoms with Crippen LogP contribution in [0.15, 0.2) is 6.07 Å². The van der Waals surface area contributed by atoms with Gasteiger partial charge in [0.2, 0.25) is 17.7 Å². The molecule has 1 aromatic rings. The zero-order valence-electron chi connectivity index (χ0n) is 11.7. The number of methoxy groups -OCH3 is 2. The first-order valence-corrected chi connectivity index (χ1v) is 6.75. The third kappa shape index (κ3) is 4.24. The lowest BCUT2D eigenvalue weighted by Gasteiger charge is -2.26. The maximum atomic E-state index is 5.11. The van der Waals surface area contributed by atoms with Gasteiger partial charge in [0.05, 0.1) is 20.3 Å². The van der Waals surface area contributed by atoms with E-state index in [2.05, 4.69) is 20.2 Å². The molecular formula is C13H22N4O2. The van der Waals surface area contributed by atoms with Crippen molar-refractivity contribution in [3.63, 3.8) is 0 Å². The fourth-order valence-corrected chi connectivity index (χ4v) is 2.20. The summed E-state index contributed by atoms with van der Waals surface area (Å²) in [6, 6.07) is 1.66. The van der Waals surface area contributed by atoms with E-state index in [0.717, 1.165) is 13.1 Å². The van der Waals surface area contributed by atoms with Crippen LogP contribution < -0.4 is 14.8 Å². The van der Waals surface area contributed by atoms with Crippen LogP contribution in [0.4, 0.5) is 5.95 Å². The fraction of sp³-hybridized carbons (Fsp3) is 0.692. The Labute approximate surface area is 114 Å². The Morgan fingerprint density at radius 3 is 2.32 bits per heavy atom. The summed E-state index contributed by atoms with van der Waals surface area (Å²) < 4.78 is 10.2. The first kappa shape index (κ1) is 13.9. The summed E-state index contributed by atoms with van der Waals surface area (Å²) in [6.07, 6.45) is 3.98. The molecule has 0 aliphatic carbocycles. The molecule has 2 rings (SSSR count). The van der Waals surface area contributed by atoms with Gasteiger partial charge in [0.15, 0.2) is 0 Å². The maximum Gasteiger partial charge on any atom is 0.229 e. The van der Waals surface area contributed by atoms with Gasteiger partial charge >= 0.3 is 0 Å². The summed E-state index contributed by atoms with van der Waals surface area (Å²) >= 11 is 0. The van der Waals surface area contributed by atoms with Crippen LogP contribution >= 0.6 is 0 Å². The van der Waals surface area contributed by atoms with Crippen LogP contribution in [0.5, 0.6) is 11.8 Å². The standard InChI is InChI=1S/C13H22N4O2/c1-18-11-10-12(19-2)16-13(15-11)14-6-9-17-7-4-3-5-8-17/h10H,3-9H2,1-2H3,(H,14,15,16). The molecule has 0 aromatic carbocycles. The molecule has 1 aliphatic rings. The molecule has 0 unspecified atom stereocenters. The van der Waals surface area contributed by atoms with Crippen molar-refractivity contribution in [2.45, 2.75) is 19.3 Å². The minimum atomic E-state index is 0.507. The second-order valence-corrected chi connectivity index (χ2v) is 4.61. The van der Waals surface area contributed by atoms with E-state index in [4.69, 9.17) is 9.47 Å². The quantitative estimate of drug-likeness (QED) is 0.839. The summed E-state index contributed by atoms with van der Waals surface area (Å²) in [4.78, 5) is 10.9. The third-order valence-corrected chi connectivity index (χ3v) is 3.26. The highest BCUT2D eigenvalue weighted by Gasteiger charge is 2.10. The summed E-state index contributed by atoms with van der Waals surface area (Å²) in [6.45, 7) is 4.24. The van der Waals surface area contributed by atoms with Crippen molar-refractivity contribution in [1.82, 2.24) is 14.9 Å². The van der Waals surface area contributed by atoms with E-state index in [1.54, 1.807) is 20.3 Å². The number of hydrogen-bond donors (Lipinski definition) is 1. The van der Waals surface area contributed by atoms with E-state index in [1.165, 1.54) is 32.4 Å². The van der Waals surface area contributed by atoms with Gasteiger partial charge < -0.3 is 19.7 Å². The topological polar surface area (TPSA) is 59.5 Å². The molecule has 0 amide bonds. The molecule has 0 spiro atoms. The van der Waals surface area contributed by atoms with Crippen molar-refractivity contribution in [2.24, 2.45) is 0 Å². The van der Waals surface area contributed by atoms with Crippen LogP contribution in [0.2, 0.25) is 0 Å². The Morgan fingerprint density at radius 2 is 1.74 bits per heavy atom. The summed E-state index contributed by atoms with van der Waals surface area (Å²) in [5.74, 6) is 1.56. The van der Waals surface area contributed by atoms with Crippen LogP contribution in [-0.4, -0.2) is 55.3 Å². The second kappa shape index (κ2) is 7.13. The molecule has 19 heavy (non-hydrogen) atoms. The average molecular weight is 266 g/mol. The number of rotatable bonds is 6. The number of aromatic nitrogens is 2. The van der Waals surface area contributed by atoms with E-state index in [9.17, 15) is 0 Å². The van der Waals surface area contributed by atoms with E-state index >= 15 is 0 Å². The highest BCUT2D eigenvalue weighted by Crippen LogP contribution is 2.17. The van der Waals surface area contributed by atoms with E-state index in [0.29, 0.717) is 17.7 Å². The number of nitrogens with one attached hydrogen (secondary N) is 1. The summed E-state index contributed by atoms with van der Waals surface area (Å²) in [5, 5.41) is 3.22. The second-order valence-electron chi connectivity index (χ2n) is 4.61. The van der Waals surface area contributed by atoms with Crippen molar-refractivity contribution in [1.29, 1.82) is 0 Å². The minimum absolute atomic E-state index is 0.507. The van der Waals surface area contributed by atoms with E-state index < -0.39 is 0 Å². The Balaban J connectivity index is 1.84. The fourth-order valence-electron chi connectivity index (χ4n) is 2.20. The normalized spacial score (nSPS) is 16.1. The van der Waals surface area contributed by atoms with Gasteiger partial charge in [0.25, 0.3) is 0 Å². The molecule has 2 heterocycles. The molecule has 0 bridgehead atoms. The molecule has 0 atom stereocenters. The van der Waals surface area contributed by atoms with Crippen molar-refractivity contribution in [2.75, 3.05) is 45.7 Å². The lowest BCUT2D eigenvalue weighted by molar-refractivity contribution is 0.237. The van der Waals surface area contributed by atoms with Crippen LogP contribution in [0, 0.1) is 0 Å². The lowest BCUT2D eigenvalue weighted by atomic mass is 10.1. The van der Waals surface area contributed by atoms with Crippen LogP contribution in [0.25, 0.3) is 0 Å². The van der Waals surface area contributed by atoms with Crippen molar-refractivity contribution in [3.8, 4) is 11.8 Å². The predicted octanol–water partition coefficient (Wildman–Crippen LogP) is 1.39. The molecule has 1 aliphatic heterocycles. The number of anilines is 1. The molecule has 1 saturated heterocycles. The average Bonchev–Trinajstić information content (AvgIpc) is 2.48. The van der Waals surface area contributed by atoms with Gasteiger partial charge in [-0.15, -0.1) is 0 Å². The first-order valence-electron chi connectivity index (χ1n) is 6.75. The molecule has 1 fully saturated rings. The molecule has 0 saturated carbocycles. The largest absolute Gasteiger partial charge is 0.481 e. The number of ether oxygens (including phenoxy) is 2. The van der Waals surface area contributed by atoms with E-state index in [1.807, 2.05) is 0 Å². The van der Waals surface area contributed by atoms with Gasteiger partial charge in [-0.3, -0.25) is 0 Å². The number of piperidine rings is 1. The smallest absolute Gasteiger partial charge is 0.229 e. The van der Waals surface area contributed by atoms with Gasteiger partial charge in [-0.2, -0.15) is 9.97 Å². The first-order chi connectivity index (χ1) is 9.31. The third-order valence-electron chi connectivity index (χ3n) is 3.26. The molecule has 0 radical (unpaired) electrons. The highest BCUT2D eigenvalue weighted by molar-refractivity contribution is 5.33. The molecule has 6 nitrogen and oxygen atoms in total. The maximum absolute atomic E-state index is 5.11. The molecule has 1 N–H and O–H groups in total. The predicted molar refractivity (Wildman–Crippen MR) is 73.9 cm³/mol. The van der Waals surface area contributed by atoms with Crippen molar-refractivity contribution >= 4 is 5.95 Å². The van der Waals surface area contributed by atoms with Gasteiger partial charge in [-0.1, -0.05) is 6.42 Å². The summed E-state index contributed by atoms with van der Waals surface area (Å²) in [7, 11) is 3.17. The van der Waals surface area contributed by atoms with Crippen molar-refractivity contribution in [3.05, 3.63) is 6.07 Å². The molecule has 1 aromatic heterocycles. The van der Waals surface area contributed by atoms with Crippen LogP contribution in [0.3, 0.4) is 0 Å². The van der Waals surface area contributed by atoms with Crippen LogP contribution in [0.1, 0.15) is 19.3 Å². The van der Waals surface area contributed by atoms with Gasteiger partial charge in [-0.05, 0) is 25.9 Å². The Bertz CT molecular complexity index is 372. The van der Waals surface area contributed by atoms with Gasteiger partial charge in [0, 0.05) is 13.1 Å². The lowest BCUT2D eigenvalue weighted by Crippen LogP contribution is -2.33. The Kier molecular flexibility index (Phi) is 5.20. The van der Waals surface area contributed by atoms with E-state index in [-0.39, 0.29) is 0 Å². The number of hydrogen-bond acceptors (Lipinski definition) is 6. The number of nitrogens with zero attached hydrogens (tertiary/aromatic N) is 3. The molecule has 106 valence electrons. The Hall–Kier alpha value is -1.56. The van der Waals surface area contributed by atoms with Crippen molar-refractivity contribution < 1.29 is 9.47 Å². The Morgan fingerprint density at radius 1 is 1.11 bits per heavy atom. The van der Waals surface area contributed by atoms with Gasteiger partial charge in [0.1, 0.15) is 0 Å². The SMILES string of the molecule is COc1cc(OC)nc(NCCN2CCCCC2)n1. The zero-order chi connectivity index (χ0) is 13.5. The molecular weight excluding hydrogens is 244 g/mol. The van der Waals surface area contributed by atoms with Gasteiger partial charge in [-0.25, -0.2) is 0 Å². The monoisotopic (exact) mass is 266 g/mol. The molecule has 6 heteroatoms. The minimum Gasteiger partial charge on any atom is -0.481 e. The summed E-state index contributed by atoms with van der Waals surface area (Å²) in [5.41, 5.74) is 0. The zero-order valence-corrected chi connectivity index (χ0v) is 11.7.